The quantitative estimate of drug-likeness (QED) is 0.572. The molecular formula is C18H24O4. The zero-order valence-corrected chi connectivity index (χ0v) is 13.3. The van der Waals surface area contributed by atoms with Crippen molar-refractivity contribution < 1.29 is 19.0 Å². The minimum Gasteiger partial charge on any atom is -0.497 e. The Morgan fingerprint density at radius 2 is 2.14 bits per heavy atom. The summed E-state index contributed by atoms with van der Waals surface area (Å²) in [5, 5.41) is 0. The Labute approximate surface area is 132 Å². The van der Waals surface area contributed by atoms with E-state index in [2.05, 4.69) is 13.5 Å². The summed E-state index contributed by atoms with van der Waals surface area (Å²) in [6.07, 6.45) is 3.04. The minimum absolute atomic E-state index is 0.0832. The number of allylic oxidation sites excluding steroid dienone is 1. The molecule has 4 heteroatoms. The van der Waals surface area contributed by atoms with E-state index >= 15 is 0 Å². The second-order valence-corrected chi connectivity index (χ2v) is 5.80. The standard InChI is InChI=1S/C18H24O4/c1-4-14-9-17(22-18(19)10-14)13(2)11-21-12-15-5-7-16(20-3)8-6-15/h4-8,13-14,17H,1,9-12H2,2-3H3/t13-,14-,17-/m1/s1. The lowest BCUT2D eigenvalue weighted by atomic mass is 9.89. The molecule has 22 heavy (non-hydrogen) atoms. The summed E-state index contributed by atoms with van der Waals surface area (Å²) in [5.74, 6) is 1.09. The third-order valence-electron chi connectivity index (χ3n) is 4.02. The number of hydrogen-bond acceptors (Lipinski definition) is 4. The highest BCUT2D eigenvalue weighted by Gasteiger charge is 2.30. The number of cyclic esters (lactones) is 1. The third-order valence-corrected chi connectivity index (χ3v) is 4.02. The van der Waals surface area contributed by atoms with E-state index < -0.39 is 0 Å². The molecule has 4 nitrogen and oxygen atoms in total. The largest absolute Gasteiger partial charge is 0.497 e. The lowest BCUT2D eigenvalue weighted by molar-refractivity contribution is -0.160. The predicted octanol–water partition coefficient (Wildman–Crippen LogP) is 3.36. The first-order valence-corrected chi connectivity index (χ1v) is 7.65. The number of esters is 1. The second-order valence-electron chi connectivity index (χ2n) is 5.80. The monoisotopic (exact) mass is 304 g/mol. The van der Waals surface area contributed by atoms with Crippen LogP contribution >= 0.6 is 0 Å². The maximum atomic E-state index is 11.6. The Balaban J connectivity index is 1.77. The first kappa shape index (κ1) is 16.6. The molecule has 120 valence electrons. The van der Waals surface area contributed by atoms with Gasteiger partial charge in [-0.2, -0.15) is 0 Å². The lowest BCUT2D eigenvalue weighted by Gasteiger charge is -2.31. The van der Waals surface area contributed by atoms with E-state index in [-0.39, 0.29) is 23.9 Å². The lowest BCUT2D eigenvalue weighted by Crippen LogP contribution is -2.35. The van der Waals surface area contributed by atoms with Gasteiger partial charge in [0.25, 0.3) is 0 Å². The van der Waals surface area contributed by atoms with Crippen LogP contribution in [-0.2, 0) is 20.9 Å². The van der Waals surface area contributed by atoms with Crippen molar-refractivity contribution >= 4 is 5.97 Å². The average molecular weight is 304 g/mol. The van der Waals surface area contributed by atoms with Crippen molar-refractivity contribution in [3.8, 4) is 5.75 Å². The van der Waals surface area contributed by atoms with E-state index in [1.807, 2.05) is 30.3 Å². The first-order chi connectivity index (χ1) is 10.6. The van der Waals surface area contributed by atoms with Gasteiger partial charge in [0, 0.05) is 5.92 Å². The number of benzene rings is 1. The predicted molar refractivity (Wildman–Crippen MR) is 84.6 cm³/mol. The Kier molecular flexibility index (Phi) is 6.01. The summed E-state index contributed by atoms with van der Waals surface area (Å²) in [5.41, 5.74) is 1.10. The average Bonchev–Trinajstić information content (AvgIpc) is 2.54. The molecule has 1 fully saturated rings. The molecule has 0 N–H and O–H groups in total. The van der Waals surface area contributed by atoms with Crippen molar-refractivity contribution in [2.45, 2.75) is 32.5 Å². The van der Waals surface area contributed by atoms with Gasteiger partial charge < -0.3 is 14.2 Å². The molecule has 0 unspecified atom stereocenters. The molecule has 1 aliphatic heterocycles. The molecule has 3 atom stereocenters. The van der Waals surface area contributed by atoms with Gasteiger partial charge in [-0.1, -0.05) is 25.1 Å². The van der Waals surface area contributed by atoms with Crippen LogP contribution < -0.4 is 4.74 Å². The summed E-state index contributed by atoms with van der Waals surface area (Å²) in [6, 6.07) is 7.80. The highest BCUT2D eigenvalue weighted by molar-refractivity contribution is 5.71. The molecule has 1 saturated heterocycles. The van der Waals surface area contributed by atoms with Crippen molar-refractivity contribution in [2.24, 2.45) is 11.8 Å². The van der Waals surface area contributed by atoms with Gasteiger partial charge in [0.15, 0.2) is 0 Å². The van der Waals surface area contributed by atoms with Crippen LogP contribution in [-0.4, -0.2) is 25.8 Å². The fourth-order valence-electron chi connectivity index (χ4n) is 2.58. The Morgan fingerprint density at radius 1 is 1.41 bits per heavy atom. The molecule has 0 saturated carbocycles. The van der Waals surface area contributed by atoms with Crippen molar-refractivity contribution in [2.75, 3.05) is 13.7 Å². The van der Waals surface area contributed by atoms with Crippen molar-refractivity contribution in [1.82, 2.24) is 0 Å². The molecule has 0 radical (unpaired) electrons. The van der Waals surface area contributed by atoms with Crippen LogP contribution in [0.5, 0.6) is 5.75 Å². The number of ether oxygens (including phenoxy) is 3. The molecule has 1 aromatic rings. The molecular weight excluding hydrogens is 280 g/mol. The fraction of sp³-hybridized carbons (Fsp3) is 0.500. The Hall–Kier alpha value is -1.81. The zero-order chi connectivity index (χ0) is 15.9. The second kappa shape index (κ2) is 7.99. The summed E-state index contributed by atoms with van der Waals surface area (Å²) in [4.78, 5) is 11.6. The van der Waals surface area contributed by atoms with E-state index in [9.17, 15) is 4.79 Å². The fourth-order valence-corrected chi connectivity index (χ4v) is 2.58. The molecule has 1 aromatic carbocycles. The summed E-state index contributed by atoms with van der Waals surface area (Å²) < 4.78 is 16.3. The van der Waals surface area contributed by atoms with Crippen LogP contribution in [0.1, 0.15) is 25.3 Å². The van der Waals surface area contributed by atoms with Crippen LogP contribution in [0.25, 0.3) is 0 Å². The molecule has 0 aromatic heterocycles. The topological polar surface area (TPSA) is 44.8 Å². The van der Waals surface area contributed by atoms with Gasteiger partial charge in [0.2, 0.25) is 0 Å². The number of carbonyl (C=O) groups is 1. The number of hydrogen-bond donors (Lipinski definition) is 0. The smallest absolute Gasteiger partial charge is 0.306 e. The van der Waals surface area contributed by atoms with Crippen LogP contribution in [0, 0.1) is 11.8 Å². The molecule has 0 spiro atoms. The van der Waals surface area contributed by atoms with Gasteiger partial charge in [-0.3, -0.25) is 4.79 Å². The minimum atomic E-state index is -0.136. The number of rotatable bonds is 7. The Morgan fingerprint density at radius 3 is 2.77 bits per heavy atom. The molecule has 1 aliphatic rings. The maximum absolute atomic E-state index is 11.6. The normalized spacial score (nSPS) is 22.7. The molecule has 2 rings (SSSR count). The zero-order valence-electron chi connectivity index (χ0n) is 13.3. The van der Waals surface area contributed by atoms with E-state index in [1.54, 1.807) is 7.11 Å². The maximum Gasteiger partial charge on any atom is 0.306 e. The van der Waals surface area contributed by atoms with Crippen molar-refractivity contribution in [1.29, 1.82) is 0 Å². The molecule has 0 bridgehead atoms. The summed E-state index contributed by atoms with van der Waals surface area (Å²) >= 11 is 0. The van der Waals surface area contributed by atoms with Gasteiger partial charge >= 0.3 is 5.97 Å². The number of carbonyl (C=O) groups excluding carboxylic acids is 1. The van der Waals surface area contributed by atoms with Gasteiger partial charge in [0.1, 0.15) is 11.9 Å². The van der Waals surface area contributed by atoms with Gasteiger partial charge in [0.05, 0.1) is 26.7 Å². The molecule has 0 amide bonds. The SMILES string of the molecule is C=C[C@H]1CC(=O)O[C@@H]([C@H](C)COCc2ccc(OC)cc2)C1. The van der Waals surface area contributed by atoms with Crippen LogP contribution in [0.4, 0.5) is 0 Å². The molecule has 1 heterocycles. The van der Waals surface area contributed by atoms with Crippen LogP contribution in [0.2, 0.25) is 0 Å². The van der Waals surface area contributed by atoms with Gasteiger partial charge in [-0.15, -0.1) is 6.58 Å². The summed E-state index contributed by atoms with van der Waals surface area (Å²) in [6.45, 7) is 6.94. The van der Waals surface area contributed by atoms with E-state index in [1.165, 1.54) is 0 Å². The first-order valence-electron chi connectivity index (χ1n) is 7.65. The third kappa shape index (κ3) is 4.60. The van der Waals surface area contributed by atoms with Crippen molar-refractivity contribution in [3.63, 3.8) is 0 Å². The Bertz CT molecular complexity index is 494. The summed E-state index contributed by atoms with van der Waals surface area (Å²) in [7, 11) is 1.65. The van der Waals surface area contributed by atoms with E-state index in [4.69, 9.17) is 14.2 Å². The van der Waals surface area contributed by atoms with E-state index in [0.717, 1.165) is 17.7 Å². The van der Waals surface area contributed by atoms with E-state index in [0.29, 0.717) is 19.6 Å². The van der Waals surface area contributed by atoms with Crippen LogP contribution in [0.15, 0.2) is 36.9 Å². The van der Waals surface area contributed by atoms with Crippen LogP contribution in [0.3, 0.4) is 0 Å². The van der Waals surface area contributed by atoms with Gasteiger partial charge in [-0.05, 0) is 30.0 Å². The highest BCUT2D eigenvalue weighted by atomic mass is 16.5. The molecule has 0 aliphatic carbocycles. The van der Waals surface area contributed by atoms with Gasteiger partial charge in [-0.25, -0.2) is 0 Å². The number of methoxy groups -OCH3 is 1. The van der Waals surface area contributed by atoms with Crippen molar-refractivity contribution in [3.05, 3.63) is 42.5 Å². The highest BCUT2D eigenvalue weighted by Crippen LogP contribution is 2.27.